The molecule has 1 aromatic carbocycles. The first-order chi connectivity index (χ1) is 14.2. The Morgan fingerprint density at radius 1 is 1.00 bits per heavy atom. The first kappa shape index (κ1) is 17.3. The fraction of sp³-hybridized carbons (Fsp3) is 0.0500. The van der Waals surface area contributed by atoms with Crippen molar-refractivity contribution in [2.24, 2.45) is 0 Å². The molecule has 0 saturated carbocycles. The highest BCUT2D eigenvalue weighted by molar-refractivity contribution is 6.29. The Labute approximate surface area is 170 Å². The molecule has 29 heavy (non-hydrogen) atoms. The van der Waals surface area contributed by atoms with Gasteiger partial charge in [0.25, 0.3) is 0 Å². The Bertz CT molecular complexity index is 1350. The van der Waals surface area contributed by atoms with Gasteiger partial charge >= 0.3 is 0 Å². The van der Waals surface area contributed by atoms with Gasteiger partial charge in [0.15, 0.2) is 11.5 Å². The lowest BCUT2D eigenvalue weighted by atomic mass is 10.2. The van der Waals surface area contributed by atoms with Crippen LogP contribution in [0.5, 0.6) is 11.5 Å². The Kier molecular flexibility index (Phi) is 4.18. The molecule has 0 bridgehead atoms. The fourth-order valence-corrected chi connectivity index (χ4v) is 3.12. The maximum Gasteiger partial charge on any atom is 0.160 e. The van der Waals surface area contributed by atoms with Crippen LogP contribution in [0.3, 0.4) is 0 Å². The molecule has 4 heterocycles. The van der Waals surface area contributed by atoms with Gasteiger partial charge in [-0.2, -0.15) is 5.10 Å². The summed E-state index contributed by atoms with van der Waals surface area (Å²) >= 11 is 6.02. The van der Waals surface area contributed by atoms with E-state index in [-0.39, 0.29) is 0 Å². The van der Waals surface area contributed by atoms with Gasteiger partial charge in [-0.25, -0.2) is 24.5 Å². The summed E-state index contributed by atoms with van der Waals surface area (Å²) in [7, 11) is 0. The van der Waals surface area contributed by atoms with Gasteiger partial charge in [-0.05, 0) is 48.9 Å². The van der Waals surface area contributed by atoms with E-state index in [4.69, 9.17) is 16.3 Å². The van der Waals surface area contributed by atoms with Crippen molar-refractivity contribution >= 4 is 39.8 Å². The lowest BCUT2D eigenvalue weighted by Crippen LogP contribution is -1.98. The zero-order chi connectivity index (χ0) is 19.8. The molecule has 0 fully saturated rings. The second-order valence-corrected chi connectivity index (χ2v) is 6.74. The Hall–Kier alpha value is -3.78. The van der Waals surface area contributed by atoms with E-state index in [0.717, 1.165) is 22.6 Å². The minimum absolute atomic E-state index is 0.389. The third-order valence-corrected chi connectivity index (χ3v) is 4.58. The lowest BCUT2D eigenvalue weighted by Gasteiger charge is -2.12. The molecule has 142 valence electrons. The average molecular weight is 404 g/mol. The van der Waals surface area contributed by atoms with Gasteiger partial charge in [-0.1, -0.05) is 11.6 Å². The molecule has 0 aliphatic carbocycles. The van der Waals surface area contributed by atoms with Crippen LogP contribution in [-0.4, -0.2) is 29.5 Å². The number of aromatic nitrogens is 6. The topological polar surface area (TPSA) is 90.1 Å². The van der Waals surface area contributed by atoms with Crippen molar-refractivity contribution in [1.82, 2.24) is 29.5 Å². The van der Waals surface area contributed by atoms with Crippen molar-refractivity contribution in [3.8, 4) is 11.5 Å². The van der Waals surface area contributed by atoms with Crippen molar-refractivity contribution in [3.05, 3.63) is 72.0 Å². The van der Waals surface area contributed by atoms with Crippen molar-refractivity contribution in [1.29, 1.82) is 0 Å². The van der Waals surface area contributed by atoms with Crippen LogP contribution in [0.4, 0.5) is 11.5 Å². The van der Waals surface area contributed by atoms with Crippen LogP contribution in [-0.2, 0) is 0 Å². The zero-order valence-corrected chi connectivity index (χ0v) is 16.0. The minimum atomic E-state index is 0.389. The third-order valence-electron chi connectivity index (χ3n) is 4.37. The highest BCUT2D eigenvalue weighted by Crippen LogP contribution is 2.30. The van der Waals surface area contributed by atoms with Gasteiger partial charge in [0.05, 0.1) is 5.52 Å². The van der Waals surface area contributed by atoms with Crippen LogP contribution in [0.2, 0.25) is 5.15 Å². The Balaban J connectivity index is 1.42. The number of rotatable bonds is 4. The van der Waals surface area contributed by atoms with Crippen molar-refractivity contribution in [2.75, 3.05) is 5.32 Å². The summed E-state index contributed by atoms with van der Waals surface area (Å²) in [6.45, 7) is 1.98. The standard InChI is InChI=1S/C20H14ClN7O/c1-12-8-13(26-20-19-15(22-10-24-20)3-5-17(21)27-19)2-4-16(12)29-14-6-7-28-18(9-14)23-11-25-28/h2-11H,1H3,(H,22,24,26). The first-order valence-electron chi connectivity index (χ1n) is 8.78. The highest BCUT2D eigenvalue weighted by atomic mass is 35.5. The molecule has 9 heteroatoms. The van der Waals surface area contributed by atoms with Gasteiger partial charge in [0.1, 0.15) is 34.8 Å². The summed E-state index contributed by atoms with van der Waals surface area (Å²) < 4.78 is 7.69. The molecule has 5 rings (SSSR count). The molecule has 0 aliphatic rings. The van der Waals surface area contributed by atoms with E-state index in [9.17, 15) is 0 Å². The highest BCUT2D eigenvalue weighted by Gasteiger charge is 2.09. The molecule has 5 aromatic rings. The van der Waals surface area contributed by atoms with Crippen LogP contribution in [0.25, 0.3) is 16.7 Å². The lowest BCUT2D eigenvalue weighted by molar-refractivity contribution is 0.478. The second kappa shape index (κ2) is 6.99. The maximum atomic E-state index is 6.02. The number of fused-ring (bicyclic) bond motifs is 2. The molecule has 0 atom stereocenters. The summed E-state index contributed by atoms with van der Waals surface area (Å²) in [5.41, 5.74) is 3.86. The number of hydrogen-bond acceptors (Lipinski definition) is 7. The Morgan fingerprint density at radius 3 is 2.83 bits per heavy atom. The monoisotopic (exact) mass is 403 g/mol. The van der Waals surface area contributed by atoms with E-state index in [2.05, 4.69) is 30.4 Å². The summed E-state index contributed by atoms with van der Waals surface area (Å²) in [4.78, 5) is 17.0. The van der Waals surface area contributed by atoms with E-state index in [1.54, 1.807) is 16.8 Å². The number of anilines is 2. The quantitative estimate of drug-likeness (QED) is 0.439. The Morgan fingerprint density at radius 2 is 1.93 bits per heavy atom. The largest absolute Gasteiger partial charge is 0.457 e. The molecule has 0 unspecified atom stereocenters. The molecule has 0 aliphatic heterocycles. The van der Waals surface area contributed by atoms with E-state index in [1.165, 1.54) is 12.7 Å². The number of nitrogens with zero attached hydrogens (tertiary/aromatic N) is 6. The number of nitrogens with one attached hydrogen (secondary N) is 1. The number of ether oxygens (including phenoxy) is 1. The molecule has 0 amide bonds. The van der Waals surface area contributed by atoms with E-state index >= 15 is 0 Å². The number of pyridine rings is 2. The molecule has 0 spiro atoms. The summed E-state index contributed by atoms with van der Waals surface area (Å²) in [6.07, 6.45) is 4.80. The van der Waals surface area contributed by atoms with Crippen LogP contribution in [0.15, 0.2) is 61.3 Å². The minimum Gasteiger partial charge on any atom is -0.457 e. The number of hydrogen-bond donors (Lipinski definition) is 1. The summed E-state index contributed by atoms with van der Waals surface area (Å²) in [5, 5.41) is 7.75. The third kappa shape index (κ3) is 3.41. The van der Waals surface area contributed by atoms with E-state index in [0.29, 0.717) is 27.8 Å². The van der Waals surface area contributed by atoms with Crippen LogP contribution < -0.4 is 10.1 Å². The van der Waals surface area contributed by atoms with Crippen LogP contribution >= 0.6 is 11.6 Å². The zero-order valence-electron chi connectivity index (χ0n) is 15.2. The normalized spacial score (nSPS) is 11.1. The fourth-order valence-electron chi connectivity index (χ4n) is 2.97. The van der Waals surface area contributed by atoms with E-state index in [1.807, 2.05) is 43.3 Å². The van der Waals surface area contributed by atoms with Gasteiger partial charge < -0.3 is 10.1 Å². The van der Waals surface area contributed by atoms with Crippen molar-refractivity contribution in [3.63, 3.8) is 0 Å². The molecule has 0 saturated heterocycles. The summed E-state index contributed by atoms with van der Waals surface area (Å²) in [5.74, 6) is 2.02. The second-order valence-electron chi connectivity index (χ2n) is 6.36. The van der Waals surface area contributed by atoms with Gasteiger partial charge in [0, 0.05) is 18.0 Å². The smallest absolute Gasteiger partial charge is 0.160 e. The molecular formula is C20H14ClN7O. The average Bonchev–Trinajstić information content (AvgIpc) is 3.18. The molecule has 8 nitrogen and oxygen atoms in total. The van der Waals surface area contributed by atoms with Crippen LogP contribution in [0, 0.1) is 6.92 Å². The number of halogens is 1. The van der Waals surface area contributed by atoms with Crippen molar-refractivity contribution in [2.45, 2.75) is 6.92 Å². The number of benzene rings is 1. The van der Waals surface area contributed by atoms with E-state index < -0.39 is 0 Å². The maximum absolute atomic E-state index is 6.02. The molecule has 0 radical (unpaired) electrons. The molecule has 4 aromatic heterocycles. The molecular weight excluding hydrogens is 390 g/mol. The van der Waals surface area contributed by atoms with Crippen molar-refractivity contribution < 1.29 is 4.74 Å². The molecule has 1 N–H and O–H groups in total. The van der Waals surface area contributed by atoms with Gasteiger partial charge in [-0.3, -0.25) is 0 Å². The predicted octanol–water partition coefficient (Wildman–Crippen LogP) is 4.57. The number of aryl methyl sites for hydroxylation is 1. The SMILES string of the molecule is Cc1cc(Nc2ncnc3ccc(Cl)nc23)ccc1Oc1ccn2ncnc2c1. The first-order valence-corrected chi connectivity index (χ1v) is 9.16. The summed E-state index contributed by atoms with van der Waals surface area (Å²) in [6, 6.07) is 13.0. The van der Waals surface area contributed by atoms with Gasteiger partial charge in [0.2, 0.25) is 0 Å². The van der Waals surface area contributed by atoms with Gasteiger partial charge in [-0.15, -0.1) is 0 Å². The predicted molar refractivity (Wildman–Crippen MR) is 110 cm³/mol. The van der Waals surface area contributed by atoms with Crippen LogP contribution in [0.1, 0.15) is 5.56 Å².